The predicted molar refractivity (Wildman–Crippen MR) is 48.0 cm³/mol. The molecular weight excluding hydrogens is 172 g/mol. The molecule has 5 heteroatoms. The summed E-state index contributed by atoms with van der Waals surface area (Å²) in [5.74, 6) is -0.260. The number of ether oxygens (including phenoxy) is 1. The van der Waals surface area contributed by atoms with Crippen LogP contribution in [0, 0.1) is 5.92 Å². The van der Waals surface area contributed by atoms with Gasteiger partial charge in [-0.15, -0.1) is 0 Å². The Labute approximate surface area is 77.8 Å². The summed E-state index contributed by atoms with van der Waals surface area (Å²) in [4.78, 5) is 22.9. The average molecular weight is 188 g/mol. The minimum Gasteiger partial charge on any atom is -0.453 e. The van der Waals surface area contributed by atoms with Crippen LogP contribution in [0.1, 0.15) is 13.8 Å². The summed E-state index contributed by atoms with van der Waals surface area (Å²) in [6.07, 6.45) is -0.521. The lowest BCUT2D eigenvalue weighted by molar-refractivity contribution is -0.118. The van der Waals surface area contributed by atoms with Gasteiger partial charge in [0.15, 0.2) is 0 Å². The van der Waals surface area contributed by atoms with Crippen molar-refractivity contribution in [3.05, 3.63) is 0 Å². The number of carbonyl (C=O) groups excluding carboxylic acids is 2. The molecule has 0 aliphatic rings. The Hall–Kier alpha value is -1.26. The highest BCUT2D eigenvalue weighted by Gasteiger charge is 2.16. The van der Waals surface area contributed by atoms with Gasteiger partial charge in [0.25, 0.3) is 0 Å². The van der Waals surface area contributed by atoms with E-state index in [1.165, 1.54) is 12.0 Å². The number of amides is 2. The number of hydrogen-bond acceptors (Lipinski definition) is 3. The number of primary amides is 1. The van der Waals surface area contributed by atoms with Gasteiger partial charge >= 0.3 is 6.09 Å². The van der Waals surface area contributed by atoms with Crippen LogP contribution in [-0.2, 0) is 9.53 Å². The lowest BCUT2D eigenvalue weighted by atomic mass is 10.2. The number of hydrogen-bond donors (Lipinski definition) is 1. The van der Waals surface area contributed by atoms with Crippen molar-refractivity contribution < 1.29 is 14.3 Å². The van der Waals surface area contributed by atoms with Gasteiger partial charge < -0.3 is 10.5 Å². The van der Waals surface area contributed by atoms with Crippen LogP contribution in [0.5, 0.6) is 0 Å². The van der Waals surface area contributed by atoms with Crippen LogP contribution in [0.25, 0.3) is 0 Å². The van der Waals surface area contributed by atoms with Crippen LogP contribution >= 0.6 is 0 Å². The molecule has 0 aromatic heterocycles. The molecule has 0 saturated carbocycles. The maximum absolute atomic E-state index is 11.1. The topological polar surface area (TPSA) is 72.6 Å². The van der Waals surface area contributed by atoms with E-state index < -0.39 is 12.0 Å². The summed E-state index contributed by atoms with van der Waals surface area (Å²) in [5, 5.41) is 0. The van der Waals surface area contributed by atoms with Gasteiger partial charge in [-0.3, -0.25) is 9.69 Å². The van der Waals surface area contributed by atoms with Crippen LogP contribution in [0.4, 0.5) is 4.79 Å². The zero-order chi connectivity index (χ0) is 10.4. The van der Waals surface area contributed by atoms with Gasteiger partial charge in [0.2, 0.25) is 5.91 Å². The van der Waals surface area contributed by atoms with Crippen molar-refractivity contribution >= 4 is 12.0 Å². The Morgan fingerprint density at radius 2 is 2.00 bits per heavy atom. The third kappa shape index (κ3) is 5.05. The lowest BCUT2D eigenvalue weighted by Crippen LogP contribution is -2.40. The van der Waals surface area contributed by atoms with Crippen LogP contribution in [0.15, 0.2) is 0 Å². The Balaban J connectivity index is 4.18. The van der Waals surface area contributed by atoms with Crippen LogP contribution in [0.3, 0.4) is 0 Å². The van der Waals surface area contributed by atoms with E-state index in [0.29, 0.717) is 6.54 Å². The van der Waals surface area contributed by atoms with Crippen molar-refractivity contribution in [1.29, 1.82) is 0 Å². The first-order chi connectivity index (χ1) is 5.97. The highest BCUT2D eigenvalue weighted by molar-refractivity contribution is 5.80. The van der Waals surface area contributed by atoms with Gasteiger partial charge in [-0.2, -0.15) is 0 Å². The maximum atomic E-state index is 11.1. The number of methoxy groups -OCH3 is 1. The molecule has 5 nitrogen and oxygen atoms in total. The molecule has 0 bridgehead atoms. The second-order valence-corrected chi connectivity index (χ2v) is 3.21. The summed E-state index contributed by atoms with van der Waals surface area (Å²) in [6.45, 7) is 4.26. The van der Waals surface area contributed by atoms with Crippen molar-refractivity contribution in [1.82, 2.24) is 4.90 Å². The molecule has 0 spiro atoms. The first-order valence-electron chi connectivity index (χ1n) is 4.08. The zero-order valence-electron chi connectivity index (χ0n) is 8.24. The fourth-order valence-corrected chi connectivity index (χ4v) is 0.962. The Morgan fingerprint density at radius 3 is 2.31 bits per heavy atom. The molecule has 76 valence electrons. The standard InChI is InChI=1S/C8H16N2O3/c1-6(2)4-10(5-7(9)11)8(12)13-3/h6H,4-5H2,1-3H3,(H2,9,11). The molecule has 0 aromatic rings. The largest absolute Gasteiger partial charge is 0.453 e. The van der Waals surface area contributed by atoms with E-state index in [2.05, 4.69) is 4.74 Å². The van der Waals surface area contributed by atoms with Crippen molar-refractivity contribution in [3.63, 3.8) is 0 Å². The first-order valence-corrected chi connectivity index (χ1v) is 4.08. The molecule has 0 atom stereocenters. The van der Waals surface area contributed by atoms with E-state index in [-0.39, 0.29) is 12.5 Å². The maximum Gasteiger partial charge on any atom is 0.409 e. The summed E-state index contributed by atoms with van der Waals surface area (Å²) >= 11 is 0. The Morgan fingerprint density at radius 1 is 1.46 bits per heavy atom. The summed E-state index contributed by atoms with van der Waals surface area (Å²) in [7, 11) is 1.27. The summed E-state index contributed by atoms with van der Waals surface area (Å²) < 4.78 is 4.49. The molecule has 0 aliphatic heterocycles. The normalized spacial score (nSPS) is 9.85. The molecule has 0 rings (SSSR count). The van der Waals surface area contributed by atoms with E-state index in [9.17, 15) is 9.59 Å². The average Bonchev–Trinajstić information content (AvgIpc) is 2.00. The summed E-state index contributed by atoms with van der Waals surface area (Å²) in [5.41, 5.74) is 4.97. The number of rotatable bonds is 4. The number of carbonyl (C=O) groups is 2. The fraction of sp³-hybridized carbons (Fsp3) is 0.750. The molecule has 2 N–H and O–H groups in total. The monoisotopic (exact) mass is 188 g/mol. The molecule has 0 heterocycles. The van der Waals surface area contributed by atoms with E-state index in [0.717, 1.165) is 0 Å². The van der Waals surface area contributed by atoms with Gasteiger partial charge in [-0.25, -0.2) is 4.79 Å². The highest BCUT2D eigenvalue weighted by Crippen LogP contribution is 2.00. The summed E-state index contributed by atoms with van der Waals surface area (Å²) in [6, 6.07) is 0. The molecule has 0 fully saturated rings. The van der Waals surface area contributed by atoms with Crippen LogP contribution in [-0.4, -0.2) is 37.1 Å². The SMILES string of the molecule is COC(=O)N(CC(N)=O)CC(C)C. The molecule has 0 unspecified atom stereocenters. The second kappa shape index (κ2) is 5.40. The minimum absolute atomic E-state index is 0.0924. The predicted octanol–water partition coefficient (Wildman–Crippen LogP) is 0.196. The van der Waals surface area contributed by atoms with Gasteiger partial charge in [0, 0.05) is 6.54 Å². The molecule has 13 heavy (non-hydrogen) atoms. The molecule has 0 aliphatic carbocycles. The van der Waals surface area contributed by atoms with Gasteiger partial charge in [-0.1, -0.05) is 13.8 Å². The molecule has 0 saturated heterocycles. The van der Waals surface area contributed by atoms with E-state index in [1.807, 2.05) is 13.8 Å². The van der Waals surface area contributed by atoms with Gasteiger partial charge in [-0.05, 0) is 5.92 Å². The second-order valence-electron chi connectivity index (χ2n) is 3.21. The van der Waals surface area contributed by atoms with E-state index in [4.69, 9.17) is 5.73 Å². The highest BCUT2D eigenvalue weighted by atomic mass is 16.5. The van der Waals surface area contributed by atoms with E-state index in [1.54, 1.807) is 0 Å². The smallest absolute Gasteiger partial charge is 0.409 e. The first kappa shape index (κ1) is 11.7. The lowest BCUT2D eigenvalue weighted by Gasteiger charge is -2.21. The van der Waals surface area contributed by atoms with Crippen molar-refractivity contribution in [2.75, 3.05) is 20.2 Å². The Kier molecular flexibility index (Phi) is 4.87. The number of nitrogens with two attached hydrogens (primary N) is 1. The van der Waals surface area contributed by atoms with Gasteiger partial charge in [0.1, 0.15) is 6.54 Å². The van der Waals surface area contributed by atoms with Crippen molar-refractivity contribution in [2.45, 2.75) is 13.8 Å². The molecule has 0 aromatic carbocycles. The zero-order valence-corrected chi connectivity index (χ0v) is 8.24. The molecule has 0 radical (unpaired) electrons. The Bertz CT molecular complexity index is 192. The van der Waals surface area contributed by atoms with Crippen molar-refractivity contribution in [3.8, 4) is 0 Å². The quantitative estimate of drug-likeness (QED) is 0.684. The van der Waals surface area contributed by atoms with E-state index >= 15 is 0 Å². The number of nitrogens with zero attached hydrogens (tertiary/aromatic N) is 1. The minimum atomic E-state index is -0.536. The van der Waals surface area contributed by atoms with Gasteiger partial charge in [0.05, 0.1) is 7.11 Å². The van der Waals surface area contributed by atoms with Crippen molar-refractivity contribution in [2.24, 2.45) is 11.7 Å². The van der Waals surface area contributed by atoms with Crippen LogP contribution < -0.4 is 5.73 Å². The molecule has 2 amide bonds. The third-order valence-corrected chi connectivity index (χ3v) is 1.37. The molecular formula is C8H16N2O3. The van der Waals surface area contributed by atoms with Crippen LogP contribution in [0.2, 0.25) is 0 Å². The third-order valence-electron chi connectivity index (χ3n) is 1.37. The fourth-order valence-electron chi connectivity index (χ4n) is 0.962.